The van der Waals surface area contributed by atoms with Gasteiger partial charge in [-0.15, -0.1) is 0 Å². The van der Waals surface area contributed by atoms with E-state index in [0.29, 0.717) is 41.9 Å². The molecule has 3 aromatic rings. The van der Waals surface area contributed by atoms with E-state index < -0.39 is 29.1 Å². The number of fused-ring (bicyclic) bond motifs is 1. The molecule has 2 N–H and O–H groups in total. The summed E-state index contributed by atoms with van der Waals surface area (Å²) in [5, 5.41) is 9.41. The van der Waals surface area contributed by atoms with Crippen molar-refractivity contribution in [3.8, 4) is 6.07 Å². The molecule has 0 aliphatic carbocycles. The largest absolute Gasteiger partial charge is 0.447 e. The van der Waals surface area contributed by atoms with Crippen molar-refractivity contribution in [1.82, 2.24) is 19.4 Å². The summed E-state index contributed by atoms with van der Waals surface area (Å²) in [5.74, 6) is 0.352. The third-order valence-corrected chi connectivity index (χ3v) is 7.60. The second kappa shape index (κ2) is 10.8. The number of amides is 1. The van der Waals surface area contributed by atoms with Crippen LogP contribution in [0.4, 0.5) is 23.8 Å². The quantitative estimate of drug-likeness (QED) is 0.487. The molecule has 40 heavy (non-hydrogen) atoms. The number of halogens is 3. The van der Waals surface area contributed by atoms with Crippen molar-refractivity contribution in [2.24, 2.45) is 12.8 Å². The van der Waals surface area contributed by atoms with Crippen LogP contribution in [0.5, 0.6) is 0 Å². The Morgan fingerprint density at radius 2 is 1.80 bits per heavy atom. The van der Waals surface area contributed by atoms with Gasteiger partial charge in [0.15, 0.2) is 5.82 Å². The fourth-order valence-corrected chi connectivity index (χ4v) is 5.32. The average Bonchev–Trinajstić information content (AvgIpc) is 2.93. The summed E-state index contributed by atoms with van der Waals surface area (Å²) in [4.78, 5) is 37.1. The Morgan fingerprint density at radius 1 is 1.15 bits per heavy atom. The molecular weight excluding hydrogens is 527 g/mol. The first-order valence-electron chi connectivity index (χ1n) is 12.7. The number of aromatic nitrogens is 3. The van der Waals surface area contributed by atoms with Crippen LogP contribution < -0.4 is 16.3 Å². The van der Waals surface area contributed by atoms with Crippen LogP contribution >= 0.6 is 0 Å². The highest BCUT2D eigenvalue weighted by Gasteiger charge is 2.44. The zero-order valence-electron chi connectivity index (χ0n) is 22.6. The SMILES string of the molecule is CC[C@@H]1CN(c2nc(=O)n(C)c3ccc(C#N)nc23)[C@@H](C)CN1C(C)(COC(N)=O)c1ccc(C(F)(F)F)cc1. The van der Waals surface area contributed by atoms with Crippen molar-refractivity contribution in [3.05, 3.63) is 63.7 Å². The Kier molecular flexibility index (Phi) is 7.76. The molecule has 4 rings (SSSR count). The minimum absolute atomic E-state index is 0.183. The third kappa shape index (κ3) is 5.31. The summed E-state index contributed by atoms with van der Waals surface area (Å²) in [6, 6.07) is 9.57. The summed E-state index contributed by atoms with van der Waals surface area (Å²) in [6.45, 7) is 6.29. The van der Waals surface area contributed by atoms with Gasteiger partial charge in [-0.3, -0.25) is 9.47 Å². The predicted molar refractivity (Wildman–Crippen MR) is 141 cm³/mol. The number of hydrogen-bond acceptors (Lipinski definition) is 8. The maximum Gasteiger partial charge on any atom is 0.416 e. The number of primary amides is 1. The van der Waals surface area contributed by atoms with Crippen LogP contribution in [-0.2, 0) is 23.5 Å². The molecule has 212 valence electrons. The number of aryl methyl sites for hydroxylation is 1. The van der Waals surface area contributed by atoms with Crippen LogP contribution in [0.15, 0.2) is 41.2 Å². The summed E-state index contributed by atoms with van der Waals surface area (Å²) >= 11 is 0. The smallest absolute Gasteiger partial charge is 0.416 e. The lowest BCUT2D eigenvalue weighted by Crippen LogP contribution is -2.64. The lowest BCUT2D eigenvalue weighted by Gasteiger charge is -2.53. The van der Waals surface area contributed by atoms with E-state index in [0.717, 1.165) is 12.1 Å². The van der Waals surface area contributed by atoms with Crippen molar-refractivity contribution < 1.29 is 22.7 Å². The first kappa shape index (κ1) is 28.8. The van der Waals surface area contributed by atoms with Gasteiger partial charge in [0.25, 0.3) is 0 Å². The Morgan fingerprint density at radius 3 is 2.38 bits per heavy atom. The number of ether oxygens (including phenoxy) is 1. The molecule has 3 atom stereocenters. The second-order valence-electron chi connectivity index (χ2n) is 10.1. The first-order valence-corrected chi connectivity index (χ1v) is 12.7. The van der Waals surface area contributed by atoms with E-state index in [2.05, 4.69) is 14.9 Å². The standard InChI is InChI=1S/C27H30F3N7O3/c1-5-20-14-36(23-22-21(35(4)25(39)34-23)11-10-19(12-31)33-22)16(2)13-37(20)26(3,15-40-24(32)38)17-6-8-18(9-7-17)27(28,29)30/h6-11,16,20H,5,13-15H2,1-4H3,(H2,32,38)/t16-,20+,26?/m0/s1. The second-order valence-corrected chi connectivity index (χ2v) is 10.1. The van der Waals surface area contributed by atoms with Crippen LogP contribution in [-0.4, -0.2) is 57.3 Å². The number of piperazine rings is 1. The van der Waals surface area contributed by atoms with Gasteiger partial charge < -0.3 is 15.4 Å². The molecule has 1 aliphatic rings. The van der Waals surface area contributed by atoms with Crippen molar-refractivity contribution in [2.75, 3.05) is 24.6 Å². The lowest BCUT2D eigenvalue weighted by atomic mass is 9.86. The fraction of sp³-hybridized carbons (Fsp3) is 0.444. The summed E-state index contributed by atoms with van der Waals surface area (Å²) in [7, 11) is 1.58. The van der Waals surface area contributed by atoms with Gasteiger partial charge in [0, 0.05) is 32.2 Å². The summed E-state index contributed by atoms with van der Waals surface area (Å²) in [6.07, 6.45) is -4.87. The number of benzene rings is 1. The predicted octanol–water partition coefficient (Wildman–Crippen LogP) is 3.52. The number of rotatable bonds is 6. The monoisotopic (exact) mass is 557 g/mol. The molecule has 0 radical (unpaired) electrons. The van der Waals surface area contributed by atoms with E-state index in [1.165, 1.54) is 22.8 Å². The normalized spacial score (nSPS) is 19.7. The lowest BCUT2D eigenvalue weighted by molar-refractivity contribution is -0.137. The summed E-state index contributed by atoms with van der Waals surface area (Å²) in [5.41, 5.74) is 4.66. The number of carbonyl (C=O) groups excluding carboxylic acids is 1. The molecule has 1 aromatic carbocycles. The molecule has 1 saturated heterocycles. The number of hydrogen-bond donors (Lipinski definition) is 1. The molecule has 1 aliphatic heterocycles. The van der Waals surface area contributed by atoms with Crippen molar-refractivity contribution in [3.63, 3.8) is 0 Å². The van der Waals surface area contributed by atoms with Crippen molar-refractivity contribution in [2.45, 2.75) is 51.0 Å². The van der Waals surface area contributed by atoms with Gasteiger partial charge in [-0.25, -0.2) is 14.6 Å². The number of anilines is 1. The van der Waals surface area contributed by atoms with Crippen LogP contribution in [0.1, 0.15) is 44.0 Å². The highest BCUT2D eigenvalue weighted by atomic mass is 19.4. The van der Waals surface area contributed by atoms with E-state index in [1.807, 2.05) is 24.8 Å². The molecule has 2 aromatic heterocycles. The van der Waals surface area contributed by atoms with Gasteiger partial charge >= 0.3 is 18.0 Å². The maximum absolute atomic E-state index is 13.3. The minimum atomic E-state index is -4.49. The Hall–Kier alpha value is -4.18. The molecule has 0 spiro atoms. The van der Waals surface area contributed by atoms with Crippen molar-refractivity contribution >= 4 is 22.9 Å². The highest BCUT2D eigenvalue weighted by Crippen LogP contribution is 2.38. The van der Waals surface area contributed by atoms with Crippen LogP contribution in [0.25, 0.3) is 11.0 Å². The van der Waals surface area contributed by atoms with Crippen LogP contribution in [0, 0.1) is 11.3 Å². The Balaban J connectivity index is 1.77. The zero-order chi connectivity index (χ0) is 29.4. The number of nitrogens with zero attached hydrogens (tertiary/aromatic N) is 6. The van der Waals surface area contributed by atoms with Gasteiger partial charge in [-0.1, -0.05) is 19.1 Å². The summed E-state index contributed by atoms with van der Waals surface area (Å²) < 4.78 is 46.4. The van der Waals surface area contributed by atoms with Gasteiger partial charge in [-0.05, 0) is 50.1 Å². The van der Waals surface area contributed by atoms with Crippen molar-refractivity contribution in [1.29, 1.82) is 5.26 Å². The minimum Gasteiger partial charge on any atom is -0.447 e. The number of nitrogens with two attached hydrogens (primary N) is 1. The van der Waals surface area contributed by atoms with Gasteiger partial charge in [-0.2, -0.15) is 23.4 Å². The van der Waals surface area contributed by atoms with Crippen LogP contribution in [0.2, 0.25) is 0 Å². The zero-order valence-corrected chi connectivity index (χ0v) is 22.6. The molecule has 13 heteroatoms. The molecule has 10 nitrogen and oxygen atoms in total. The average molecular weight is 558 g/mol. The third-order valence-electron chi connectivity index (χ3n) is 7.60. The van der Waals surface area contributed by atoms with E-state index >= 15 is 0 Å². The molecule has 1 fully saturated rings. The van der Waals surface area contributed by atoms with E-state index in [1.54, 1.807) is 20.0 Å². The van der Waals surface area contributed by atoms with Gasteiger partial charge in [0.2, 0.25) is 0 Å². The molecule has 0 bridgehead atoms. The molecule has 3 heterocycles. The van der Waals surface area contributed by atoms with Crippen LogP contribution in [0.3, 0.4) is 0 Å². The van der Waals surface area contributed by atoms with Gasteiger partial charge in [0.1, 0.15) is 23.9 Å². The molecule has 0 saturated carbocycles. The number of pyridine rings is 1. The topological polar surface area (TPSA) is 130 Å². The Labute approximate surface area is 228 Å². The molecule has 1 amide bonds. The van der Waals surface area contributed by atoms with E-state index in [4.69, 9.17) is 10.5 Å². The number of nitriles is 1. The molecule has 1 unspecified atom stereocenters. The fourth-order valence-electron chi connectivity index (χ4n) is 5.32. The van der Waals surface area contributed by atoms with E-state index in [-0.39, 0.29) is 24.4 Å². The van der Waals surface area contributed by atoms with E-state index in [9.17, 15) is 28.0 Å². The number of carbonyl (C=O) groups is 1. The first-order chi connectivity index (χ1) is 18.8. The number of alkyl halides is 3. The maximum atomic E-state index is 13.3. The Bertz CT molecular complexity index is 1520. The van der Waals surface area contributed by atoms with Gasteiger partial charge in [0.05, 0.1) is 16.6 Å². The highest BCUT2D eigenvalue weighted by molar-refractivity contribution is 5.86. The molecular formula is C27H30F3N7O3.